The molecule has 0 bridgehead atoms. The van der Waals surface area contributed by atoms with Crippen molar-refractivity contribution in [3.8, 4) is 17.7 Å². The van der Waals surface area contributed by atoms with Crippen molar-refractivity contribution in [3.05, 3.63) is 42.0 Å². The monoisotopic (exact) mass is 399 g/mol. The van der Waals surface area contributed by atoms with Gasteiger partial charge in [-0.3, -0.25) is 4.98 Å². The van der Waals surface area contributed by atoms with Gasteiger partial charge in [0.25, 0.3) is 0 Å². The Bertz CT molecular complexity index is 1120. The summed E-state index contributed by atoms with van der Waals surface area (Å²) in [6, 6.07) is 6.33. The van der Waals surface area contributed by atoms with Crippen molar-refractivity contribution >= 4 is 17.6 Å². The highest BCUT2D eigenvalue weighted by Crippen LogP contribution is 2.47. The van der Waals surface area contributed by atoms with Gasteiger partial charge in [-0.15, -0.1) is 0 Å². The van der Waals surface area contributed by atoms with Gasteiger partial charge in [-0.05, 0) is 31.0 Å². The lowest BCUT2D eigenvalue weighted by atomic mass is 10.0. The third kappa shape index (κ3) is 3.75. The Morgan fingerprint density at radius 2 is 1.79 bits per heavy atom. The molecule has 3 N–H and O–H groups in total. The van der Waals surface area contributed by atoms with E-state index in [2.05, 4.69) is 41.3 Å². The largest absolute Gasteiger partial charge is 0.433 e. The summed E-state index contributed by atoms with van der Waals surface area (Å²) in [6.07, 6.45) is -0.670. The number of nitrogen functional groups attached to an aromatic ring is 1. The van der Waals surface area contributed by atoms with E-state index in [1.807, 2.05) is 0 Å². The van der Waals surface area contributed by atoms with Crippen LogP contribution in [0.2, 0.25) is 0 Å². The molecular weight excluding hydrogens is 387 g/mol. The molecule has 9 nitrogen and oxygen atoms in total. The van der Waals surface area contributed by atoms with Gasteiger partial charge in [-0.2, -0.15) is 33.4 Å². The Morgan fingerprint density at radius 3 is 2.48 bits per heavy atom. The maximum Gasteiger partial charge on any atom is 0.433 e. The second kappa shape index (κ2) is 6.62. The second-order valence-electron chi connectivity index (χ2n) is 6.35. The van der Waals surface area contributed by atoms with Crippen molar-refractivity contribution in [1.29, 1.82) is 5.26 Å². The van der Waals surface area contributed by atoms with Gasteiger partial charge in [-0.25, -0.2) is 9.97 Å². The molecule has 29 heavy (non-hydrogen) atoms. The van der Waals surface area contributed by atoms with E-state index in [1.165, 1.54) is 6.20 Å². The first-order chi connectivity index (χ1) is 13.8. The van der Waals surface area contributed by atoms with Gasteiger partial charge in [0.1, 0.15) is 5.69 Å². The predicted octanol–water partition coefficient (Wildman–Crippen LogP) is 2.62. The van der Waals surface area contributed by atoms with E-state index >= 15 is 0 Å². The van der Waals surface area contributed by atoms with E-state index in [-0.39, 0.29) is 23.5 Å². The van der Waals surface area contributed by atoms with Crippen molar-refractivity contribution in [2.45, 2.75) is 24.4 Å². The van der Waals surface area contributed by atoms with E-state index in [9.17, 15) is 18.4 Å². The highest BCUT2D eigenvalue weighted by Gasteiger charge is 2.46. The summed E-state index contributed by atoms with van der Waals surface area (Å²) in [7, 11) is 0. The first-order valence-electron chi connectivity index (χ1n) is 8.36. The van der Waals surface area contributed by atoms with Crippen LogP contribution in [-0.4, -0.2) is 29.9 Å². The van der Waals surface area contributed by atoms with Crippen LogP contribution in [0.5, 0.6) is 0 Å². The topological polar surface area (TPSA) is 139 Å². The molecule has 0 aliphatic heterocycles. The Hall–Kier alpha value is -3.88. The van der Waals surface area contributed by atoms with Gasteiger partial charge < -0.3 is 11.1 Å². The summed E-state index contributed by atoms with van der Waals surface area (Å²) in [5.74, 6) is -0.777. The molecule has 0 saturated heterocycles. The molecule has 0 unspecified atom stereocenters. The van der Waals surface area contributed by atoms with Gasteiger partial charge >= 0.3 is 6.18 Å². The van der Waals surface area contributed by atoms with Gasteiger partial charge in [0.2, 0.25) is 17.7 Å². The van der Waals surface area contributed by atoms with Crippen LogP contribution in [0, 0.1) is 11.3 Å². The lowest BCUT2D eigenvalue weighted by Crippen LogP contribution is -2.11. The lowest BCUT2D eigenvalue weighted by molar-refractivity contribution is -0.141. The lowest BCUT2D eigenvalue weighted by Gasteiger charge is -2.10. The molecule has 146 valence electrons. The van der Waals surface area contributed by atoms with Crippen molar-refractivity contribution in [1.82, 2.24) is 29.9 Å². The maximum atomic E-state index is 12.9. The summed E-state index contributed by atoms with van der Waals surface area (Å²) in [6.45, 7) is 0. The average molecular weight is 399 g/mol. The molecule has 0 amide bonds. The van der Waals surface area contributed by atoms with Crippen LogP contribution >= 0.6 is 0 Å². The third-order valence-electron chi connectivity index (χ3n) is 4.27. The maximum absolute atomic E-state index is 12.9. The number of pyridine rings is 1. The molecule has 3 aromatic heterocycles. The molecule has 1 aliphatic carbocycles. The number of alkyl halides is 3. The van der Waals surface area contributed by atoms with Crippen LogP contribution in [0.25, 0.3) is 11.6 Å². The normalized spacial score (nSPS) is 14.8. The number of nitrogens with one attached hydrogen (secondary N) is 1. The minimum absolute atomic E-state index is 0.00698. The smallest absolute Gasteiger partial charge is 0.368 e. The first kappa shape index (κ1) is 18.5. The zero-order chi connectivity index (χ0) is 20.6. The molecule has 0 aromatic carbocycles. The second-order valence-corrected chi connectivity index (χ2v) is 6.35. The molecule has 0 atom stereocenters. The van der Waals surface area contributed by atoms with Crippen LogP contribution in [-0.2, 0) is 11.6 Å². The number of rotatable bonds is 4. The Kier molecular flexibility index (Phi) is 4.22. The zero-order valence-electron chi connectivity index (χ0n) is 14.6. The minimum Gasteiger partial charge on any atom is -0.368 e. The molecular formula is C17H12F3N9. The van der Waals surface area contributed by atoms with Gasteiger partial charge in [0, 0.05) is 18.1 Å². The summed E-state index contributed by atoms with van der Waals surface area (Å²) >= 11 is 0. The van der Waals surface area contributed by atoms with E-state index in [0.717, 1.165) is 25.1 Å². The highest BCUT2D eigenvalue weighted by atomic mass is 19.4. The molecule has 3 aromatic rings. The Labute approximate surface area is 161 Å². The van der Waals surface area contributed by atoms with Crippen LogP contribution in [0.4, 0.5) is 30.8 Å². The Morgan fingerprint density at radius 1 is 1.03 bits per heavy atom. The van der Waals surface area contributed by atoms with Crippen molar-refractivity contribution in [2.75, 3.05) is 11.1 Å². The fourth-order valence-electron chi connectivity index (χ4n) is 2.62. The van der Waals surface area contributed by atoms with E-state index in [0.29, 0.717) is 11.4 Å². The fourth-order valence-corrected chi connectivity index (χ4v) is 2.62. The SMILES string of the molecule is N#CC1(c2cc(Nc3nc(N)nc(-c4nccc(C(F)(F)F)n4)n3)ccn2)CC1. The number of nitrogens with zero attached hydrogens (tertiary/aromatic N) is 7. The molecule has 12 heteroatoms. The molecule has 0 spiro atoms. The third-order valence-corrected chi connectivity index (χ3v) is 4.27. The quantitative estimate of drug-likeness (QED) is 0.677. The fraction of sp³-hybridized carbons (Fsp3) is 0.235. The van der Waals surface area contributed by atoms with Crippen molar-refractivity contribution in [3.63, 3.8) is 0 Å². The summed E-state index contributed by atoms with van der Waals surface area (Å²) < 4.78 is 38.7. The van der Waals surface area contributed by atoms with Gasteiger partial charge in [0.15, 0.2) is 5.82 Å². The average Bonchev–Trinajstić information content (AvgIpc) is 3.49. The number of hydrogen-bond donors (Lipinski definition) is 2. The predicted molar refractivity (Wildman–Crippen MR) is 94.3 cm³/mol. The van der Waals surface area contributed by atoms with Gasteiger partial charge in [-0.1, -0.05) is 0 Å². The highest BCUT2D eigenvalue weighted by molar-refractivity contribution is 5.58. The van der Waals surface area contributed by atoms with Crippen LogP contribution < -0.4 is 11.1 Å². The van der Waals surface area contributed by atoms with E-state index < -0.39 is 17.3 Å². The molecule has 0 radical (unpaired) electrons. The van der Waals surface area contributed by atoms with Crippen LogP contribution in [0.1, 0.15) is 24.2 Å². The minimum atomic E-state index is -4.63. The molecule has 1 saturated carbocycles. The Balaban J connectivity index is 1.65. The summed E-state index contributed by atoms with van der Waals surface area (Å²) in [4.78, 5) is 23.3. The summed E-state index contributed by atoms with van der Waals surface area (Å²) in [5, 5.41) is 12.2. The van der Waals surface area contributed by atoms with Crippen molar-refractivity contribution < 1.29 is 13.2 Å². The number of aromatic nitrogens is 6. The first-order valence-corrected chi connectivity index (χ1v) is 8.36. The molecule has 4 rings (SSSR count). The standard InChI is InChI=1S/C17H12F3N9/c18-17(19,20)10-2-6-24-12(26-10)13-27-14(22)29-15(28-13)25-9-1-5-23-11(7-9)16(8-21)3-4-16/h1-2,5-7H,3-4H2,(H3,22,23,25,27,28,29). The number of halogens is 3. The molecule has 1 fully saturated rings. The number of hydrogen-bond acceptors (Lipinski definition) is 9. The summed E-state index contributed by atoms with van der Waals surface area (Å²) in [5.41, 5.74) is 5.13. The van der Waals surface area contributed by atoms with E-state index in [4.69, 9.17) is 5.73 Å². The number of nitriles is 1. The van der Waals surface area contributed by atoms with Crippen LogP contribution in [0.15, 0.2) is 30.6 Å². The van der Waals surface area contributed by atoms with E-state index in [1.54, 1.807) is 12.1 Å². The van der Waals surface area contributed by atoms with Crippen LogP contribution in [0.3, 0.4) is 0 Å². The number of anilines is 3. The van der Waals surface area contributed by atoms with Gasteiger partial charge in [0.05, 0.1) is 17.2 Å². The van der Waals surface area contributed by atoms with Crippen molar-refractivity contribution in [2.24, 2.45) is 0 Å². The zero-order valence-corrected chi connectivity index (χ0v) is 14.6. The molecule has 1 aliphatic rings. The number of nitrogens with two attached hydrogens (primary N) is 1. The molecule has 3 heterocycles.